The zero-order valence-corrected chi connectivity index (χ0v) is 11.3. The first-order valence-electron chi connectivity index (χ1n) is 5.55. The molecule has 6 heteroatoms. The van der Waals surface area contributed by atoms with Gasteiger partial charge in [-0.15, -0.1) is 0 Å². The van der Waals surface area contributed by atoms with Crippen molar-refractivity contribution in [1.82, 2.24) is 16.2 Å². The second-order valence-corrected chi connectivity index (χ2v) is 4.07. The lowest BCUT2D eigenvalue weighted by Gasteiger charge is -2.10. The lowest BCUT2D eigenvalue weighted by atomic mass is 10.1. The van der Waals surface area contributed by atoms with Gasteiger partial charge in [0.2, 0.25) is 5.91 Å². The monoisotopic (exact) mass is 267 g/mol. The number of hydrogen-bond donors (Lipinski definition) is 3. The van der Waals surface area contributed by atoms with Crippen molar-refractivity contribution in [3.8, 4) is 5.75 Å². The largest absolute Gasteiger partial charge is 0.497 e. The van der Waals surface area contributed by atoms with E-state index in [1.807, 2.05) is 24.3 Å². The number of methoxy groups -OCH3 is 1. The minimum absolute atomic E-state index is 0.186. The van der Waals surface area contributed by atoms with E-state index >= 15 is 0 Å². The van der Waals surface area contributed by atoms with Crippen LogP contribution in [0.15, 0.2) is 24.3 Å². The Kier molecular flexibility index (Phi) is 5.93. The fourth-order valence-electron chi connectivity index (χ4n) is 1.30. The highest BCUT2D eigenvalue weighted by molar-refractivity contribution is 7.80. The molecule has 0 aromatic heterocycles. The summed E-state index contributed by atoms with van der Waals surface area (Å²) in [6.07, 6.45) is 0.839. The third-order valence-electron chi connectivity index (χ3n) is 2.21. The number of benzene rings is 1. The predicted molar refractivity (Wildman–Crippen MR) is 74.3 cm³/mol. The summed E-state index contributed by atoms with van der Waals surface area (Å²) in [5.41, 5.74) is 6.17. The van der Waals surface area contributed by atoms with Gasteiger partial charge >= 0.3 is 0 Å². The number of ether oxygens (including phenoxy) is 1. The molecule has 0 atom stereocenters. The molecular weight excluding hydrogens is 250 g/mol. The Balaban J connectivity index is 2.24. The fraction of sp³-hybridized carbons (Fsp3) is 0.333. The van der Waals surface area contributed by atoms with Crippen molar-refractivity contribution in [3.05, 3.63) is 29.8 Å². The summed E-state index contributed by atoms with van der Waals surface area (Å²) in [7, 11) is 1.64. The molecule has 18 heavy (non-hydrogen) atoms. The molecular formula is C12H17N3O2S. The molecule has 3 N–H and O–H groups in total. The van der Waals surface area contributed by atoms with E-state index in [0.29, 0.717) is 11.7 Å². The number of carbonyl (C=O) groups excluding carboxylic acids is 1. The quantitative estimate of drug-likeness (QED) is 0.555. The molecule has 0 bridgehead atoms. The number of rotatable bonds is 4. The van der Waals surface area contributed by atoms with Crippen molar-refractivity contribution < 1.29 is 9.53 Å². The highest BCUT2D eigenvalue weighted by Gasteiger charge is 1.97. The summed E-state index contributed by atoms with van der Waals surface area (Å²) in [6, 6.07) is 7.85. The van der Waals surface area contributed by atoms with Gasteiger partial charge in [0.25, 0.3) is 0 Å². The van der Waals surface area contributed by atoms with E-state index in [1.54, 1.807) is 7.11 Å². The van der Waals surface area contributed by atoms with E-state index < -0.39 is 0 Å². The van der Waals surface area contributed by atoms with Crippen LogP contribution in [0, 0.1) is 0 Å². The zero-order chi connectivity index (χ0) is 13.4. The maximum atomic E-state index is 10.6. The van der Waals surface area contributed by atoms with Gasteiger partial charge in [0, 0.05) is 13.5 Å². The molecule has 0 saturated carbocycles. The first kappa shape index (κ1) is 14.2. The maximum Gasteiger partial charge on any atom is 0.235 e. The van der Waals surface area contributed by atoms with Crippen LogP contribution in [-0.2, 0) is 11.2 Å². The molecule has 0 spiro atoms. The van der Waals surface area contributed by atoms with Crippen LogP contribution in [0.25, 0.3) is 0 Å². The Morgan fingerprint density at radius 3 is 2.50 bits per heavy atom. The van der Waals surface area contributed by atoms with E-state index in [-0.39, 0.29) is 5.91 Å². The van der Waals surface area contributed by atoms with Crippen molar-refractivity contribution in [1.29, 1.82) is 0 Å². The Hall–Kier alpha value is -1.82. The molecule has 98 valence electrons. The zero-order valence-electron chi connectivity index (χ0n) is 10.4. The Morgan fingerprint density at radius 1 is 1.28 bits per heavy atom. The molecule has 1 aromatic rings. The van der Waals surface area contributed by atoms with Crippen molar-refractivity contribution in [2.24, 2.45) is 0 Å². The molecule has 1 amide bonds. The van der Waals surface area contributed by atoms with Crippen LogP contribution >= 0.6 is 12.2 Å². The number of nitrogens with one attached hydrogen (secondary N) is 3. The highest BCUT2D eigenvalue weighted by Crippen LogP contribution is 2.11. The summed E-state index contributed by atoms with van der Waals surface area (Å²) < 4.78 is 5.08. The predicted octanol–water partition coefficient (Wildman–Crippen LogP) is 0.753. The van der Waals surface area contributed by atoms with E-state index in [4.69, 9.17) is 17.0 Å². The summed E-state index contributed by atoms with van der Waals surface area (Å²) in [5.74, 6) is 0.656. The van der Waals surface area contributed by atoms with Crippen LogP contribution in [0.4, 0.5) is 0 Å². The van der Waals surface area contributed by atoms with Gasteiger partial charge in [0.15, 0.2) is 5.11 Å². The Labute approximate surface area is 112 Å². The van der Waals surface area contributed by atoms with Gasteiger partial charge < -0.3 is 10.1 Å². The third kappa shape index (κ3) is 5.49. The van der Waals surface area contributed by atoms with Crippen LogP contribution in [0.3, 0.4) is 0 Å². The number of hydrogen-bond acceptors (Lipinski definition) is 3. The molecule has 0 unspecified atom stereocenters. The van der Waals surface area contributed by atoms with Crippen molar-refractivity contribution in [2.45, 2.75) is 13.3 Å². The minimum atomic E-state index is -0.186. The first-order valence-corrected chi connectivity index (χ1v) is 5.96. The lowest BCUT2D eigenvalue weighted by Crippen LogP contribution is -2.46. The Morgan fingerprint density at radius 2 is 1.94 bits per heavy atom. The van der Waals surface area contributed by atoms with Gasteiger partial charge in [-0.2, -0.15) is 0 Å². The summed E-state index contributed by atoms with van der Waals surface area (Å²) >= 11 is 4.97. The smallest absolute Gasteiger partial charge is 0.235 e. The number of amides is 1. The summed E-state index contributed by atoms with van der Waals surface area (Å²) in [4.78, 5) is 10.6. The molecule has 0 saturated heterocycles. The van der Waals surface area contributed by atoms with Gasteiger partial charge in [-0.3, -0.25) is 15.6 Å². The van der Waals surface area contributed by atoms with Gasteiger partial charge in [-0.1, -0.05) is 12.1 Å². The van der Waals surface area contributed by atoms with E-state index in [0.717, 1.165) is 12.2 Å². The average Bonchev–Trinajstić information content (AvgIpc) is 2.37. The molecule has 0 fully saturated rings. The second kappa shape index (κ2) is 7.50. The van der Waals surface area contributed by atoms with E-state index in [9.17, 15) is 4.79 Å². The molecule has 5 nitrogen and oxygen atoms in total. The van der Waals surface area contributed by atoms with Gasteiger partial charge in [-0.25, -0.2) is 0 Å². The van der Waals surface area contributed by atoms with Crippen molar-refractivity contribution >= 4 is 23.2 Å². The van der Waals surface area contributed by atoms with E-state index in [1.165, 1.54) is 12.5 Å². The normalized spacial score (nSPS) is 9.44. The van der Waals surface area contributed by atoms with Crippen molar-refractivity contribution in [3.63, 3.8) is 0 Å². The average molecular weight is 267 g/mol. The van der Waals surface area contributed by atoms with Crippen LogP contribution < -0.4 is 20.9 Å². The number of thiocarbonyl (C=S) groups is 1. The summed E-state index contributed by atoms with van der Waals surface area (Å²) in [5, 5.41) is 3.39. The molecule has 1 rings (SSSR count). The molecule has 0 aliphatic heterocycles. The third-order valence-corrected chi connectivity index (χ3v) is 2.46. The highest BCUT2D eigenvalue weighted by atomic mass is 32.1. The van der Waals surface area contributed by atoms with Crippen LogP contribution in [0.5, 0.6) is 5.75 Å². The molecule has 1 aromatic carbocycles. The molecule has 0 heterocycles. The van der Waals surface area contributed by atoms with Gasteiger partial charge in [0.1, 0.15) is 5.75 Å². The van der Waals surface area contributed by atoms with Crippen LogP contribution in [0.1, 0.15) is 12.5 Å². The number of hydrazine groups is 1. The van der Waals surface area contributed by atoms with Crippen LogP contribution in [-0.4, -0.2) is 24.7 Å². The van der Waals surface area contributed by atoms with Crippen molar-refractivity contribution in [2.75, 3.05) is 13.7 Å². The Bertz CT molecular complexity index is 406. The maximum absolute atomic E-state index is 10.6. The standard InChI is InChI=1S/C12H17N3O2S/c1-9(16)14-15-12(18)13-8-7-10-3-5-11(17-2)6-4-10/h3-6H,7-8H2,1-2H3,(H,14,16)(H2,13,15,18). The molecule has 0 aliphatic rings. The van der Waals surface area contributed by atoms with Crippen LogP contribution in [0.2, 0.25) is 0 Å². The molecule has 0 radical (unpaired) electrons. The fourth-order valence-corrected chi connectivity index (χ4v) is 1.45. The van der Waals surface area contributed by atoms with E-state index in [2.05, 4.69) is 16.2 Å². The van der Waals surface area contributed by atoms with Gasteiger partial charge in [-0.05, 0) is 36.3 Å². The SMILES string of the molecule is COc1ccc(CCNC(=S)NNC(C)=O)cc1. The summed E-state index contributed by atoms with van der Waals surface area (Å²) in [6.45, 7) is 2.10. The van der Waals surface area contributed by atoms with Gasteiger partial charge in [0.05, 0.1) is 7.11 Å². The minimum Gasteiger partial charge on any atom is -0.497 e. The topological polar surface area (TPSA) is 62.4 Å². The first-order chi connectivity index (χ1) is 8.61. The second-order valence-electron chi connectivity index (χ2n) is 3.66. The number of carbonyl (C=O) groups is 1. The molecule has 0 aliphatic carbocycles. The lowest BCUT2D eigenvalue weighted by molar-refractivity contribution is -0.119.